The van der Waals surface area contributed by atoms with Crippen LogP contribution in [0.5, 0.6) is 0 Å². The van der Waals surface area contributed by atoms with Gasteiger partial charge in [-0.2, -0.15) is 0 Å². The Hall–Kier alpha value is -3.85. The molecule has 0 aliphatic heterocycles. The van der Waals surface area contributed by atoms with E-state index in [2.05, 4.69) is 5.32 Å². The van der Waals surface area contributed by atoms with Gasteiger partial charge < -0.3 is 10.2 Å². The van der Waals surface area contributed by atoms with E-state index < -0.39 is 28.5 Å². The number of hydrogen-bond donors (Lipinski definition) is 1. The van der Waals surface area contributed by atoms with Gasteiger partial charge in [-0.15, -0.1) is 0 Å². The smallest absolute Gasteiger partial charge is 0.264 e. The summed E-state index contributed by atoms with van der Waals surface area (Å²) in [4.78, 5) is 30.0. The molecular weight excluding hydrogens is 641 g/mol. The monoisotopic (exact) mass is 679 g/mol. The number of rotatable bonds is 13. The second-order valence-corrected chi connectivity index (χ2v) is 14.1. The summed E-state index contributed by atoms with van der Waals surface area (Å²) in [6.07, 6.45) is 0.909. The van der Waals surface area contributed by atoms with Crippen molar-refractivity contribution in [3.05, 3.63) is 129 Å². The van der Waals surface area contributed by atoms with Crippen LogP contribution in [0.3, 0.4) is 0 Å². The van der Waals surface area contributed by atoms with Gasteiger partial charge in [0.1, 0.15) is 12.6 Å². The van der Waals surface area contributed by atoms with Crippen molar-refractivity contribution in [1.82, 2.24) is 10.2 Å². The van der Waals surface area contributed by atoms with E-state index in [9.17, 15) is 18.0 Å². The van der Waals surface area contributed by atoms with Crippen molar-refractivity contribution in [3.8, 4) is 0 Å². The normalized spacial score (nSPS) is 12.7. The summed E-state index contributed by atoms with van der Waals surface area (Å²) < 4.78 is 29.4. The van der Waals surface area contributed by atoms with Crippen molar-refractivity contribution < 1.29 is 18.0 Å². The van der Waals surface area contributed by atoms with Gasteiger partial charge in [0.2, 0.25) is 11.8 Å². The van der Waals surface area contributed by atoms with E-state index in [0.29, 0.717) is 27.7 Å². The zero-order valence-electron chi connectivity index (χ0n) is 26.4. The molecule has 4 rings (SSSR count). The highest BCUT2D eigenvalue weighted by Gasteiger charge is 2.35. The standard InChI is InChI=1S/C36H39Cl2N3O4S/c1-5-27(4)39-36(43)34(22-28-9-7-6-8-10-28)40(23-29-15-20-32(37)33(38)21-29)35(42)24-41(30-16-11-25(2)12-17-30)46(44,45)31-18-13-26(3)14-19-31/h6-21,27,34H,5,22-24H2,1-4H3,(H,39,43)/t27-,34-/m1/s1. The summed E-state index contributed by atoms with van der Waals surface area (Å²) in [5.41, 5.74) is 3.66. The number of benzene rings is 4. The van der Waals surface area contributed by atoms with E-state index in [-0.39, 0.29) is 29.8 Å². The number of carbonyl (C=O) groups excluding carboxylic acids is 2. The molecule has 0 saturated heterocycles. The van der Waals surface area contributed by atoms with Crippen LogP contribution in [0.4, 0.5) is 5.69 Å². The number of hydrogen-bond acceptors (Lipinski definition) is 4. The first-order chi connectivity index (χ1) is 21.9. The lowest BCUT2D eigenvalue weighted by Gasteiger charge is -2.34. The fraction of sp³-hybridized carbons (Fsp3) is 0.278. The minimum atomic E-state index is -4.18. The van der Waals surface area contributed by atoms with Crippen LogP contribution in [-0.4, -0.2) is 43.8 Å². The van der Waals surface area contributed by atoms with Gasteiger partial charge in [0.05, 0.1) is 20.6 Å². The largest absolute Gasteiger partial charge is 0.352 e. The fourth-order valence-electron chi connectivity index (χ4n) is 4.91. The highest BCUT2D eigenvalue weighted by molar-refractivity contribution is 7.92. The number of amides is 2. The predicted molar refractivity (Wildman–Crippen MR) is 186 cm³/mol. The molecule has 4 aromatic carbocycles. The van der Waals surface area contributed by atoms with Crippen LogP contribution in [0.2, 0.25) is 10.0 Å². The number of sulfonamides is 1. The number of nitrogens with one attached hydrogen (secondary N) is 1. The van der Waals surface area contributed by atoms with Crippen molar-refractivity contribution in [1.29, 1.82) is 0 Å². The fourth-order valence-corrected chi connectivity index (χ4v) is 6.64. The highest BCUT2D eigenvalue weighted by Crippen LogP contribution is 2.27. The lowest BCUT2D eigenvalue weighted by molar-refractivity contribution is -0.140. The molecule has 10 heteroatoms. The van der Waals surface area contributed by atoms with Gasteiger partial charge >= 0.3 is 0 Å². The Bertz CT molecular complexity index is 1750. The van der Waals surface area contributed by atoms with E-state index in [1.807, 2.05) is 58.0 Å². The molecule has 46 heavy (non-hydrogen) atoms. The third kappa shape index (κ3) is 8.90. The molecule has 0 heterocycles. The molecule has 2 atom stereocenters. The molecule has 1 N–H and O–H groups in total. The summed E-state index contributed by atoms with van der Waals surface area (Å²) in [5, 5.41) is 3.69. The number of halogens is 2. The van der Waals surface area contributed by atoms with Crippen molar-refractivity contribution in [2.24, 2.45) is 0 Å². The molecule has 0 aliphatic carbocycles. The zero-order chi connectivity index (χ0) is 33.4. The molecule has 0 fully saturated rings. The average Bonchev–Trinajstić information content (AvgIpc) is 3.04. The van der Waals surface area contributed by atoms with Crippen molar-refractivity contribution in [2.45, 2.75) is 64.1 Å². The Morgan fingerprint density at radius 1 is 0.804 bits per heavy atom. The Morgan fingerprint density at radius 2 is 1.41 bits per heavy atom. The van der Waals surface area contributed by atoms with Crippen molar-refractivity contribution in [2.75, 3.05) is 10.8 Å². The lowest BCUT2D eigenvalue weighted by Crippen LogP contribution is -2.54. The molecule has 0 aliphatic rings. The third-order valence-electron chi connectivity index (χ3n) is 7.82. The number of carbonyl (C=O) groups is 2. The van der Waals surface area contributed by atoms with E-state index in [4.69, 9.17) is 23.2 Å². The van der Waals surface area contributed by atoms with Crippen LogP contribution in [0.15, 0.2) is 102 Å². The molecular formula is C36H39Cl2N3O4S. The quantitative estimate of drug-likeness (QED) is 0.160. The SMILES string of the molecule is CC[C@@H](C)NC(=O)[C@@H](Cc1ccccc1)N(Cc1ccc(Cl)c(Cl)c1)C(=O)CN(c1ccc(C)cc1)S(=O)(=O)c1ccc(C)cc1. The maximum Gasteiger partial charge on any atom is 0.264 e. The Balaban J connectivity index is 1.82. The molecule has 0 bridgehead atoms. The molecule has 0 unspecified atom stereocenters. The van der Waals surface area contributed by atoms with Gasteiger partial charge in [-0.05, 0) is 74.7 Å². The predicted octanol–water partition coefficient (Wildman–Crippen LogP) is 7.36. The van der Waals surface area contributed by atoms with E-state index in [0.717, 1.165) is 21.0 Å². The van der Waals surface area contributed by atoms with E-state index in [1.165, 1.54) is 17.0 Å². The Kier molecular flexibility index (Phi) is 11.9. The second-order valence-electron chi connectivity index (χ2n) is 11.5. The van der Waals surface area contributed by atoms with Gasteiger partial charge in [-0.3, -0.25) is 13.9 Å². The topological polar surface area (TPSA) is 86.8 Å². The average molecular weight is 681 g/mol. The minimum Gasteiger partial charge on any atom is -0.352 e. The second kappa shape index (κ2) is 15.6. The van der Waals surface area contributed by atoms with Crippen molar-refractivity contribution in [3.63, 3.8) is 0 Å². The summed E-state index contributed by atoms with van der Waals surface area (Å²) in [6.45, 7) is 7.09. The first kappa shape index (κ1) is 35.0. The van der Waals surface area contributed by atoms with Crippen LogP contribution in [0, 0.1) is 13.8 Å². The van der Waals surface area contributed by atoms with Gasteiger partial charge in [0.15, 0.2) is 0 Å². The molecule has 0 spiro atoms. The maximum atomic E-state index is 14.6. The number of anilines is 1. The third-order valence-corrected chi connectivity index (χ3v) is 10.3. The van der Waals surface area contributed by atoms with Crippen LogP contribution in [0.1, 0.15) is 42.5 Å². The molecule has 0 saturated carbocycles. The van der Waals surface area contributed by atoms with Crippen LogP contribution in [-0.2, 0) is 32.6 Å². The molecule has 2 amide bonds. The van der Waals surface area contributed by atoms with Crippen molar-refractivity contribution >= 4 is 50.7 Å². The lowest BCUT2D eigenvalue weighted by atomic mass is 10.0. The van der Waals surface area contributed by atoms with Gasteiger partial charge in [0.25, 0.3) is 10.0 Å². The van der Waals surface area contributed by atoms with E-state index >= 15 is 0 Å². The summed E-state index contributed by atoms with van der Waals surface area (Å²) in [6, 6.07) is 26.8. The molecule has 0 aromatic heterocycles. The number of aryl methyl sites for hydroxylation is 2. The summed E-state index contributed by atoms with van der Waals surface area (Å²) in [7, 11) is -4.18. The van der Waals surface area contributed by atoms with Gasteiger partial charge in [0, 0.05) is 19.0 Å². The molecule has 4 aromatic rings. The maximum absolute atomic E-state index is 14.6. The summed E-state index contributed by atoms with van der Waals surface area (Å²) >= 11 is 12.5. The van der Waals surface area contributed by atoms with Gasteiger partial charge in [-0.1, -0.05) is 102 Å². The number of nitrogens with zero attached hydrogens (tertiary/aromatic N) is 2. The highest BCUT2D eigenvalue weighted by atomic mass is 35.5. The zero-order valence-corrected chi connectivity index (χ0v) is 28.7. The summed E-state index contributed by atoms with van der Waals surface area (Å²) in [5.74, 6) is -0.891. The molecule has 242 valence electrons. The van der Waals surface area contributed by atoms with Gasteiger partial charge in [-0.25, -0.2) is 8.42 Å². The molecule has 0 radical (unpaired) electrons. The first-order valence-electron chi connectivity index (χ1n) is 15.1. The molecule has 7 nitrogen and oxygen atoms in total. The first-order valence-corrected chi connectivity index (χ1v) is 17.3. The van der Waals surface area contributed by atoms with Crippen LogP contribution >= 0.6 is 23.2 Å². The minimum absolute atomic E-state index is 0.00648. The van der Waals surface area contributed by atoms with E-state index in [1.54, 1.807) is 54.6 Å². The van der Waals surface area contributed by atoms with Crippen LogP contribution in [0.25, 0.3) is 0 Å². The Morgan fingerprint density at radius 3 is 2.00 bits per heavy atom. The van der Waals surface area contributed by atoms with Crippen LogP contribution < -0.4 is 9.62 Å². The Labute approximate surface area is 282 Å².